The van der Waals surface area contributed by atoms with Crippen LogP contribution in [0.15, 0.2) is 30.3 Å². The Labute approximate surface area is 128 Å². The first-order valence-corrected chi connectivity index (χ1v) is 6.97. The molecular formula is C15H13Cl2N3. The summed E-state index contributed by atoms with van der Waals surface area (Å²) < 4.78 is 0. The minimum absolute atomic E-state index is 0.0607. The Morgan fingerprint density at radius 2 is 1.75 bits per heavy atom. The van der Waals surface area contributed by atoms with Gasteiger partial charge in [-0.15, -0.1) is 0 Å². The Morgan fingerprint density at radius 3 is 2.30 bits per heavy atom. The summed E-state index contributed by atoms with van der Waals surface area (Å²) >= 11 is 12.1. The molecule has 0 saturated heterocycles. The zero-order valence-electron chi connectivity index (χ0n) is 11.1. The third kappa shape index (κ3) is 2.92. The zero-order valence-corrected chi connectivity index (χ0v) is 12.7. The van der Waals surface area contributed by atoms with Gasteiger partial charge < -0.3 is 0 Å². The van der Waals surface area contributed by atoms with Crippen LogP contribution in [-0.2, 0) is 0 Å². The molecule has 1 aromatic carbocycles. The van der Waals surface area contributed by atoms with E-state index in [1.807, 2.05) is 44.2 Å². The fraction of sp³-hybridized carbons (Fsp3) is 0.267. The average Bonchev–Trinajstić information content (AvgIpc) is 2.39. The fourth-order valence-electron chi connectivity index (χ4n) is 2.12. The van der Waals surface area contributed by atoms with Crippen molar-refractivity contribution in [1.29, 1.82) is 5.26 Å². The van der Waals surface area contributed by atoms with E-state index in [-0.39, 0.29) is 11.2 Å². The molecule has 0 aliphatic rings. The van der Waals surface area contributed by atoms with Crippen LogP contribution < -0.4 is 0 Å². The second kappa shape index (κ2) is 6.21. The zero-order chi connectivity index (χ0) is 14.7. The van der Waals surface area contributed by atoms with E-state index in [1.54, 1.807) is 0 Å². The van der Waals surface area contributed by atoms with Gasteiger partial charge in [0.15, 0.2) is 0 Å². The Hall–Kier alpha value is -1.63. The van der Waals surface area contributed by atoms with Crippen LogP contribution in [0.5, 0.6) is 0 Å². The Balaban J connectivity index is 2.64. The molecule has 0 spiro atoms. The predicted molar refractivity (Wildman–Crippen MR) is 80.0 cm³/mol. The summed E-state index contributed by atoms with van der Waals surface area (Å²) in [6.07, 6.45) is 0. The molecule has 20 heavy (non-hydrogen) atoms. The fourth-order valence-corrected chi connectivity index (χ4v) is 2.74. The van der Waals surface area contributed by atoms with Crippen LogP contribution in [0.25, 0.3) is 0 Å². The molecule has 2 rings (SSSR count). The van der Waals surface area contributed by atoms with Crippen molar-refractivity contribution in [2.45, 2.75) is 25.7 Å². The number of nitrogens with zero attached hydrogens (tertiary/aromatic N) is 3. The molecule has 1 heterocycles. The summed E-state index contributed by atoms with van der Waals surface area (Å²) in [7, 11) is 0. The Morgan fingerprint density at radius 1 is 1.10 bits per heavy atom. The number of nitriles is 1. The molecule has 0 saturated carbocycles. The number of aromatic nitrogens is 2. The van der Waals surface area contributed by atoms with Gasteiger partial charge in [0, 0.05) is 5.56 Å². The van der Waals surface area contributed by atoms with Crippen molar-refractivity contribution in [2.75, 3.05) is 0 Å². The molecule has 3 nitrogen and oxygen atoms in total. The molecule has 0 N–H and O–H groups in total. The monoisotopic (exact) mass is 305 g/mol. The van der Waals surface area contributed by atoms with E-state index in [4.69, 9.17) is 23.2 Å². The molecule has 5 heteroatoms. The van der Waals surface area contributed by atoms with E-state index in [9.17, 15) is 5.26 Å². The van der Waals surface area contributed by atoms with Gasteiger partial charge in [-0.1, -0.05) is 55.8 Å². The lowest BCUT2D eigenvalue weighted by Crippen LogP contribution is -2.09. The van der Waals surface area contributed by atoms with Crippen LogP contribution in [0.4, 0.5) is 0 Å². The van der Waals surface area contributed by atoms with E-state index >= 15 is 0 Å². The topological polar surface area (TPSA) is 49.6 Å². The highest BCUT2D eigenvalue weighted by molar-refractivity contribution is 6.32. The molecule has 102 valence electrons. The van der Waals surface area contributed by atoms with Gasteiger partial charge in [0.2, 0.25) is 5.28 Å². The summed E-state index contributed by atoms with van der Waals surface area (Å²) in [5.74, 6) is -0.402. The highest BCUT2D eigenvalue weighted by Gasteiger charge is 2.24. The molecule has 0 radical (unpaired) electrons. The lowest BCUT2D eigenvalue weighted by Gasteiger charge is -2.17. The van der Waals surface area contributed by atoms with Gasteiger partial charge in [-0.25, -0.2) is 9.97 Å². The van der Waals surface area contributed by atoms with Crippen LogP contribution >= 0.6 is 23.2 Å². The number of hydrogen-bond acceptors (Lipinski definition) is 3. The standard InChI is InChI=1S/C15H13Cl2N3/c1-9(2)12-13(19-15(17)20-14(12)16)11(8-18)10-6-4-3-5-7-10/h3-7,9,11H,1-2H3. The number of halogens is 2. The SMILES string of the molecule is CC(C)c1c(Cl)nc(Cl)nc1C(C#N)c1ccccc1. The van der Waals surface area contributed by atoms with Gasteiger partial charge in [-0.3, -0.25) is 0 Å². The van der Waals surface area contributed by atoms with Crippen molar-refractivity contribution in [2.24, 2.45) is 0 Å². The largest absolute Gasteiger partial charge is 0.224 e. The molecule has 2 aromatic rings. The maximum Gasteiger partial charge on any atom is 0.224 e. The molecule has 0 aliphatic carbocycles. The summed E-state index contributed by atoms with van der Waals surface area (Å²) in [4.78, 5) is 8.23. The van der Waals surface area contributed by atoms with Gasteiger partial charge in [-0.05, 0) is 23.1 Å². The van der Waals surface area contributed by atoms with Crippen LogP contribution in [0.2, 0.25) is 10.4 Å². The normalized spacial score (nSPS) is 12.2. The van der Waals surface area contributed by atoms with Gasteiger partial charge in [0.25, 0.3) is 0 Å². The predicted octanol–water partition coefficient (Wildman–Crippen LogP) is 4.56. The van der Waals surface area contributed by atoms with Crippen LogP contribution in [-0.4, -0.2) is 9.97 Å². The van der Waals surface area contributed by atoms with Crippen molar-refractivity contribution in [3.63, 3.8) is 0 Å². The van der Waals surface area contributed by atoms with E-state index < -0.39 is 5.92 Å². The first-order chi connectivity index (χ1) is 9.54. The maximum absolute atomic E-state index is 9.52. The van der Waals surface area contributed by atoms with Crippen molar-refractivity contribution in [3.8, 4) is 6.07 Å². The minimum Gasteiger partial charge on any atom is -0.221 e. The van der Waals surface area contributed by atoms with Crippen LogP contribution in [0.1, 0.15) is 42.5 Å². The van der Waals surface area contributed by atoms with E-state index in [0.717, 1.165) is 11.1 Å². The van der Waals surface area contributed by atoms with Crippen molar-refractivity contribution in [3.05, 3.63) is 57.6 Å². The number of hydrogen-bond donors (Lipinski definition) is 0. The summed E-state index contributed by atoms with van der Waals surface area (Å²) in [5, 5.41) is 9.90. The molecule has 0 aliphatic heterocycles. The molecule has 1 aromatic heterocycles. The van der Waals surface area contributed by atoms with Crippen LogP contribution in [0, 0.1) is 11.3 Å². The molecule has 1 unspecified atom stereocenters. The first-order valence-electron chi connectivity index (χ1n) is 6.22. The average molecular weight is 306 g/mol. The lowest BCUT2D eigenvalue weighted by atomic mass is 9.90. The van der Waals surface area contributed by atoms with E-state index in [0.29, 0.717) is 10.8 Å². The summed E-state index contributed by atoms with van der Waals surface area (Å²) in [6, 6.07) is 11.7. The smallest absolute Gasteiger partial charge is 0.221 e. The van der Waals surface area contributed by atoms with E-state index in [2.05, 4.69) is 16.0 Å². The van der Waals surface area contributed by atoms with Gasteiger partial charge in [0.1, 0.15) is 11.1 Å². The van der Waals surface area contributed by atoms with Crippen LogP contribution in [0.3, 0.4) is 0 Å². The third-order valence-electron chi connectivity index (χ3n) is 3.01. The summed E-state index contributed by atoms with van der Waals surface area (Å²) in [6.45, 7) is 3.98. The second-order valence-electron chi connectivity index (χ2n) is 4.71. The molecular weight excluding hydrogens is 293 g/mol. The van der Waals surface area contributed by atoms with Crippen molar-refractivity contribution in [1.82, 2.24) is 9.97 Å². The van der Waals surface area contributed by atoms with Gasteiger partial charge in [0.05, 0.1) is 11.8 Å². The minimum atomic E-state index is -0.508. The first kappa shape index (κ1) is 14.8. The second-order valence-corrected chi connectivity index (χ2v) is 5.41. The quantitative estimate of drug-likeness (QED) is 0.617. The maximum atomic E-state index is 9.52. The molecule has 0 amide bonds. The number of benzene rings is 1. The highest BCUT2D eigenvalue weighted by atomic mass is 35.5. The summed E-state index contributed by atoms with van der Waals surface area (Å²) in [5.41, 5.74) is 2.22. The third-order valence-corrected chi connectivity index (χ3v) is 3.47. The molecule has 0 bridgehead atoms. The lowest BCUT2D eigenvalue weighted by molar-refractivity contribution is 0.798. The van der Waals surface area contributed by atoms with Crippen molar-refractivity contribution >= 4 is 23.2 Å². The van der Waals surface area contributed by atoms with Gasteiger partial charge >= 0.3 is 0 Å². The van der Waals surface area contributed by atoms with Gasteiger partial charge in [-0.2, -0.15) is 5.26 Å². The van der Waals surface area contributed by atoms with Crippen molar-refractivity contribution < 1.29 is 0 Å². The number of rotatable bonds is 3. The molecule has 1 atom stereocenters. The Bertz CT molecular complexity index is 648. The van der Waals surface area contributed by atoms with E-state index in [1.165, 1.54) is 0 Å². The molecule has 0 fully saturated rings. The highest BCUT2D eigenvalue weighted by Crippen LogP contribution is 2.33. The Kier molecular flexibility index (Phi) is 4.59.